The summed E-state index contributed by atoms with van der Waals surface area (Å²) in [5, 5.41) is 2.89. The van der Waals surface area contributed by atoms with Gasteiger partial charge in [-0.05, 0) is 37.1 Å². The lowest BCUT2D eigenvalue weighted by Crippen LogP contribution is -2.12. The molecule has 0 saturated carbocycles. The van der Waals surface area contributed by atoms with E-state index in [1.165, 1.54) is 6.39 Å². The van der Waals surface area contributed by atoms with Crippen LogP contribution in [0.2, 0.25) is 0 Å². The molecule has 2 aromatic rings. The summed E-state index contributed by atoms with van der Waals surface area (Å²) in [6.07, 6.45) is 3.92. The maximum Gasteiger partial charge on any atom is 0.224 e. The monoisotopic (exact) mass is 244 g/mol. The highest BCUT2D eigenvalue weighted by Crippen LogP contribution is 2.14. The van der Waals surface area contributed by atoms with Gasteiger partial charge in [0, 0.05) is 18.5 Å². The summed E-state index contributed by atoms with van der Waals surface area (Å²) in [4.78, 5) is 15.7. The van der Waals surface area contributed by atoms with Gasteiger partial charge in [-0.25, -0.2) is 4.98 Å². The molecule has 94 valence electrons. The fourth-order valence-electron chi connectivity index (χ4n) is 1.87. The maximum atomic E-state index is 11.8. The standard InChI is InChI=1S/C14H16N2O2/c1-10-5-11(2)7-13(6-10)16-14(17)4-3-12-8-18-9-15-12/h5-9H,3-4H2,1-2H3,(H,16,17). The third-order valence-corrected chi connectivity index (χ3v) is 2.60. The zero-order valence-corrected chi connectivity index (χ0v) is 10.6. The number of hydrogen-bond acceptors (Lipinski definition) is 3. The van der Waals surface area contributed by atoms with Gasteiger partial charge in [0.1, 0.15) is 6.26 Å². The van der Waals surface area contributed by atoms with E-state index in [1.807, 2.05) is 26.0 Å². The molecule has 1 heterocycles. The Bertz CT molecular complexity index is 512. The van der Waals surface area contributed by atoms with Crippen LogP contribution in [0, 0.1) is 13.8 Å². The zero-order chi connectivity index (χ0) is 13.0. The van der Waals surface area contributed by atoms with Crippen LogP contribution in [0.15, 0.2) is 35.3 Å². The fraction of sp³-hybridized carbons (Fsp3) is 0.286. The van der Waals surface area contributed by atoms with Gasteiger partial charge < -0.3 is 9.73 Å². The molecule has 0 aliphatic carbocycles. The predicted molar refractivity (Wildman–Crippen MR) is 69.4 cm³/mol. The van der Waals surface area contributed by atoms with Crippen molar-refractivity contribution in [1.82, 2.24) is 4.98 Å². The van der Waals surface area contributed by atoms with Gasteiger partial charge in [-0.1, -0.05) is 6.07 Å². The van der Waals surface area contributed by atoms with Crippen molar-refractivity contribution >= 4 is 11.6 Å². The van der Waals surface area contributed by atoms with Crippen molar-refractivity contribution in [3.63, 3.8) is 0 Å². The number of hydrogen-bond donors (Lipinski definition) is 1. The first-order chi connectivity index (χ1) is 8.63. The summed E-state index contributed by atoms with van der Waals surface area (Å²) >= 11 is 0. The highest BCUT2D eigenvalue weighted by atomic mass is 16.3. The molecular formula is C14H16N2O2. The number of benzene rings is 1. The Kier molecular flexibility index (Phi) is 3.77. The van der Waals surface area contributed by atoms with E-state index in [1.54, 1.807) is 6.26 Å². The highest BCUT2D eigenvalue weighted by Gasteiger charge is 2.05. The normalized spacial score (nSPS) is 10.3. The van der Waals surface area contributed by atoms with E-state index in [0.717, 1.165) is 22.5 Å². The molecule has 0 aliphatic rings. The Morgan fingerprint density at radius 2 is 2.00 bits per heavy atom. The van der Waals surface area contributed by atoms with Gasteiger partial charge >= 0.3 is 0 Å². The summed E-state index contributed by atoms with van der Waals surface area (Å²) in [5.41, 5.74) is 3.92. The number of oxazole rings is 1. The van der Waals surface area contributed by atoms with Gasteiger partial charge in [-0.15, -0.1) is 0 Å². The number of carbonyl (C=O) groups is 1. The molecule has 2 rings (SSSR count). The zero-order valence-electron chi connectivity index (χ0n) is 10.6. The third-order valence-electron chi connectivity index (χ3n) is 2.60. The van der Waals surface area contributed by atoms with Crippen LogP contribution < -0.4 is 5.32 Å². The van der Waals surface area contributed by atoms with E-state index in [-0.39, 0.29) is 5.91 Å². The summed E-state index contributed by atoms with van der Waals surface area (Å²) < 4.78 is 4.85. The minimum atomic E-state index is -0.0111. The Labute approximate surface area is 106 Å². The minimum absolute atomic E-state index is 0.0111. The first-order valence-electron chi connectivity index (χ1n) is 5.89. The van der Waals surface area contributed by atoms with Crippen molar-refractivity contribution in [3.05, 3.63) is 47.7 Å². The molecule has 0 spiro atoms. The molecule has 0 fully saturated rings. The van der Waals surface area contributed by atoms with Gasteiger partial charge in [0.05, 0.1) is 5.69 Å². The predicted octanol–water partition coefficient (Wildman–Crippen LogP) is 2.86. The van der Waals surface area contributed by atoms with E-state index in [2.05, 4.69) is 16.4 Å². The van der Waals surface area contributed by atoms with Crippen molar-refractivity contribution in [2.75, 3.05) is 5.32 Å². The number of carbonyl (C=O) groups excluding carboxylic acids is 1. The maximum absolute atomic E-state index is 11.8. The molecule has 0 unspecified atom stereocenters. The van der Waals surface area contributed by atoms with Crippen LogP contribution in [0.4, 0.5) is 5.69 Å². The summed E-state index contributed by atoms with van der Waals surface area (Å²) in [6.45, 7) is 4.02. The topological polar surface area (TPSA) is 55.1 Å². The number of amides is 1. The van der Waals surface area contributed by atoms with Gasteiger partial charge in [-0.3, -0.25) is 4.79 Å². The van der Waals surface area contributed by atoms with Gasteiger partial charge in [0.15, 0.2) is 6.39 Å². The third kappa shape index (κ3) is 3.45. The molecule has 4 nitrogen and oxygen atoms in total. The molecule has 0 radical (unpaired) electrons. The number of aryl methyl sites for hydroxylation is 3. The van der Waals surface area contributed by atoms with Crippen molar-refractivity contribution in [2.45, 2.75) is 26.7 Å². The first-order valence-corrected chi connectivity index (χ1v) is 5.89. The van der Waals surface area contributed by atoms with Crippen molar-refractivity contribution < 1.29 is 9.21 Å². The highest BCUT2D eigenvalue weighted by molar-refractivity contribution is 5.90. The van der Waals surface area contributed by atoms with E-state index in [4.69, 9.17) is 4.42 Å². The number of aromatic nitrogens is 1. The Morgan fingerprint density at radius 1 is 1.28 bits per heavy atom. The molecule has 0 atom stereocenters. The van der Waals surface area contributed by atoms with Crippen LogP contribution in [0.25, 0.3) is 0 Å². The average molecular weight is 244 g/mol. The van der Waals surface area contributed by atoms with Crippen LogP contribution in [0.5, 0.6) is 0 Å². The molecule has 4 heteroatoms. The number of rotatable bonds is 4. The van der Waals surface area contributed by atoms with E-state index in [0.29, 0.717) is 12.8 Å². The lowest BCUT2D eigenvalue weighted by atomic mass is 10.1. The molecule has 0 aliphatic heterocycles. The lowest BCUT2D eigenvalue weighted by Gasteiger charge is -2.07. The summed E-state index contributed by atoms with van der Waals surface area (Å²) in [5.74, 6) is -0.0111. The Hall–Kier alpha value is -2.10. The molecule has 1 aromatic carbocycles. The number of nitrogens with one attached hydrogen (secondary N) is 1. The van der Waals surface area contributed by atoms with Gasteiger partial charge in [-0.2, -0.15) is 0 Å². The van der Waals surface area contributed by atoms with Crippen LogP contribution in [0.1, 0.15) is 23.2 Å². The fourth-order valence-corrected chi connectivity index (χ4v) is 1.87. The molecular weight excluding hydrogens is 228 g/mol. The van der Waals surface area contributed by atoms with Crippen molar-refractivity contribution in [3.8, 4) is 0 Å². The van der Waals surface area contributed by atoms with Crippen LogP contribution in [-0.2, 0) is 11.2 Å². The second kappa shape index (κ2) is 5.49. The van der Waals surface area contributed by atoms with Gasteiger partial charge in [0.25, 0.3) is 0 Å². The second-order valence-corrected chi connectivity index (χ2v) is 4.40. The summed E-state index contributed by atoms with van der Waals surface area (Å²) in [7, 11) is 0. The second-order valence-electron chi connectivity index (χ2n) is 4.40. The van der Waals surface area contributed by atoms with Crippen molar-refractivity contribution in [1.29, 1.82) is 0 Å². The van der Waals surface area contributed by atoms with Crippen LogP contribution in [0.3, 0.4) is 0 Å². The molecule has 1 aromatic heterocycles. The molecule has 0 saturated heterocycles. The summed E-state index contributed by atoms with van der Waals surface area (Å²) in [6, 6.07) is 5.99. The smallest absolute Gasteiger partial charge is 0.224 e. The molecule has 1 amide bonds. The lowest BCUT2D eigenvalue weighted by molar-refractivity contribution is -0.116. The quantitative estimate of drug-likeness (QED) is 0.899. The SMILES string of the molecule is Cc1cc(C)cc(NC(=O)CCc2cocn2)c1. The molecule has 1 N–H and O–H groups in total. The molecule has 18 heavy (non-hydrogen) atoms. The Morgan fingerprint density at radius 3 is 2.61 bits per heavy atom. The minimum Gasteiger partial charge on any atom is -0.451 e. The number of nitrogens with zero attached hydrogens (tertiary/aromatic N) is 1. The van der Waals surface area contributed by atoms with E-state index >= 15 is 0 Å². The van der Waals surface area contributed by atoms with Crippen LogP contribution in [-0.4, -0.2) is 10.9 Å². The van der Waals surface area contributed by atoms with Gasteiger partial charge in [0.2, 0.25) is 5.91 Å². The largest absolute Gasteiger partial charge is 0.451 e. The van der Waals surface area contributed by atoms with E-state index < -0.39 is 0 Å². The van der Waals surface area contributed by atoms with E-state index in [9.17, 15) is 4.79 Å². The Balaban J connectivity index is 1.90. The number of anilines is 1. The average Bonchev–Trinajstić information content (AvgIpc) is 2.77. The molecule has 0 bridgehead atoms. The van der Waals surface area contributed by atoms with Crippen LogP contribution >= 0.6 is 0 Å². The first kappa shape index (κ1) is 12.4. The van der Waals surface area contributed by atoms with Crippen molar-refractivity contribution in [2.24, 2.45) is 0 Å².